The maximum atomic E-state index is 14.2. The van der Waals surface area contributed by atoms with Gasteiger partial charge in [-0.15, -0.1) is 5.10 Å². The molecule has 1 saturated heterocycles. The van der Waals surface area contributed by atoms with Crippen molar-refractivity contribution in [2.75, 3.05) is 29.5 Å². The molecular formula is C13H15FN4OS. The maximum absolute atomic E-state index is 14.2. The van der Waals surface area contributed by atoms with Gasteiger partial charge in [0.15, 0.2) is 0 Å². The van der Waals surface area contributed by atoms with Crippen molar-refractivity contribution in [2.24, 2.45) is 0 Å². The summed E-state index contributed by atoms with van der Waals surface area (Å²) in [7, 11) is 0. The van der Waals surface area contributed by atoms with Gasteiger partial charge in [-0.25, -0.2) is 9.07 Å². The predicted molar refractivity (Wildman–Crippen MR) is 76.8 cm³/mol. The Morgan fingerprint density at radius 2 is 2.10 bits per heavy atom. The SMILES string of the molecule is OCc1cn(-c2ccc(N3CCSCC3)c(F)c2)nn1. The summed E-state index contributed by atoms with van der Waals surface area (Å²) in [5.41, 5.74) is 1.70. The van der Waals surface area contributed by atoms with Gasteiger partial charge in [0, 0.05) is 30.7 Å². The van der Waals surface area contributed by atoms with Gasteiger partial charge in [-0.1, -0.05) is 5.21 Å². The predicted octanol–water partition coefficient (Wildman–Crippen LogP) is 1.45. The van der Waals surface area contributed by atoms with Crippen LogP contribution in [-0.4, -0.2) is 44.7 Å². The standard InChI is InChI=1S/C13H15FN4OS/c14-12-7-11(18-8-10(9-19)15-16-18)1-2-13(12)17-3-5-20-6-4-17/h1-2,7-8,19H,3-6,9H2. The topological polar surface area (TPSA) is 54.2 Å². The zero-order valence-electron chi connectivity index (χ0n) is 10.9. The summed E-state index contributed by atoms with van der Waals surface area (Å²) in [6.07, 6.45) is 1.59. The monoisotopic (exact) mass is 294 g/mol. The third kappa shape index (κ3) is 2.64. The molecule has 0 amide bonds. The zero-order valence-corrected chi connectivity index (χ0v) is 11.7. The van der Waals surface area contributed by atoms with Crippen molar-refractivity contribution in [1.82, 2.24) is 15.0 Å². The van der Waals surface area contributed by atoms with E-state index in [1.165, 1.54) is 10.7 Å². The minimum atomic E-state index is -0.254. The van der Waals surface area contributed by atoms with Crippen molar-refractivity contribution in [1.29, 1.82) is 0 Å². The normalized spacial score (nSPS) is 15.6. The fourth-order valence-electron chi connectivity index (χ4n) is 2.20. The molecule has 7 heteroatoms. The first-order chi connectivity index (χ1) is 9.78. The Bertz CT molecular complexity index is 598. The molecule has 1 aromatic carbocycles. The van der Waals surface area contributed by atoms with Crippen LogP contribution in [0.2, 0.25) is 0 Å². The molecule has 3 rings (SSSR count). The molecule has 1 N–H and O–H groups in total. The Labute approximate surface area is 120 Å². The summed E-state index contributed by atoms with van der Waals surface area (Å²) in [6, 6.07) is 5.05. The lowest BCUT2D eigenvalue weighted by atomic mass is 10.2. The molecule has 0 bridgehead atoms. The largest absolute Gasteiger partial charge is 0.390 e. The maximum Gasteiger partial charge on any atom is 0.148 e. The van der Waals surface area contributed by atoms with Crippen molar-refractivity contribution >= 4 is 17.4 Å². The summed E-state index contributed by atoms with van der Waals surface area (Å²) in [4.78, 5) is 2.07. The Morgan fingerprint density at radius 1 is 1.30 bits per heavy atom. The van der Waals surface area contributed by atoms with Gasteiger partial charge in [-0.3, -0.25) is 0 Å². The van der Waals surface area contributed by atoms with E-state index in [-0.39, 0.29) is 12.4 Å². The van der Waals surface area contributed by atoms with Gasteiger partial charge in [-0.2, -0.15) is 11.8 Å². The second kappa shape index (κ2) is 5.80. The second-order valence-corrected chi connectivity index (χ2v) is 5.77. The average Bonchev–Trinajstić information content (AvgIpc) is 2.97. The number of aliphatic hydroxyl groups is 1. The first-order valence-corrected chi connectivity index (χ1v) is 7.58. The highest BCUT2D eigenvalue weighted by atomic mass is 32.2. The molecule has 0 aliphatic carbocycles. The van der Waals surface area contributed by atoms with E-state index in [1.807, 2.05) is 17.8 Å². The van der Waals surface area contributed by atoms with Gasteiger partial charge in [-0.05, 0) is 12.1 Å². The number of rotatable bonds is 3. The van der Waals surface area contributed by atoms with Crippen molar-refractivity contribution in [2.45, 2.75) is 6.61 Å². The fraction of sp³-hybridized carbons (Fsp3) is 0.385. The van der Waals surface area contributed by atoms with Gasteiger partial charge in [0.05, 0.1) is 24.2 Å². The second-order valence-electron chi connectivity index (χ2n) is 4.55. The molecule has 5 nitrogen and oxygen atoms in total. The molecule has 1 aliphatic rings. The molecule has 106 valence electrons. The van der Waals surface area contributed by atoms with Gasteiger partial charge in [0.25, 0.3) is 0 Å². The van der Waals surface area contributed by atoms with E-state index in [1.54, 1.807) is 12.3 Å². The Balaban J connectivity index is 1.86. The smallest absolute Gasteiger partial charge is 0.148 e. The van der Waals surface area contributed by atoms with E-state index in [2.05, 4.69) is 15.2 Å². The molecule has 0 saturated carbocycles. The van der Waals surface area contributed by atoms with Crippen molar-refractivity contribution < 1.29 is 9.50 Å². The summed E-state index contributed by atoms with van der Waals surface area (Å²) in [6.45, 7) is 1.57. The van der Waals surface area contributed by atoms with Gasteiger partial charge >= 0.3 is 0 Å². The fourth-order valence-corrected chi connectivity index (χ4v) is 3.10. The molecule has 1 aromatic heterocycles. The molecule has 0 unspecified atom stereocenters. The molecule has 1 fully saturated rings. The summed E-state index contributed by atoms with van der Waals surface area (Å²) < 4.78 is 15.7. The van der Waals surface area contributed by atoms with Crippen LogP contribution in [0.4, 0.5) is 10.1 Å². The van der Waals surface area contributed by atoms with E-state index in [9.17, 15) is 4.39 Å². The summed E-state index contributed by atoms with van der Waals surface area (Å²) in [5, 5.41) is 16.6. The number of anilines is 1. The number of halogens is 1. The van der Waals surface area contributed by atoms with Crippen molar-refractivity contribution in [3.63, 3.8) is 0 Å². The third-order valence-electron chi connectivity index (χ3n) is 3.25. The Hall–Kier alpha value is -1.60. The van der Waals surface area contributed by atoms with Gasteiger partial charge < -0.3 is 10.0 Å². The third-order valence-corrected chi connectivity index (χ3v) is 4.19. The summed E-state index contributed by atoms with van der Waals surface area (Å²) in [5.74, 6) is 1.81. The first kappa shape index (κ1) is 13.4. The number of hydrogen-bond donors (Lipinski definition) is 1. The van der Waals surface area contributed by atoms with Crippen molar-refractivity contribution in [3.05, 3.63) is 35.9 Å². The van der Waals surface area contributed by atoms with Crippen LogP contribution >= 0.6 is 11.8 Å². The Kier molecular flexibility index (Phi) is 3.88. The minimum absolute atomic E-state index is 0.175. The number of aromatic nitrogens is 3. The molecule has 0 atom stereocenters. The average molecular weight is 294 g/mol. The number of aliphatic hydroxyl groups excluding tert-OH is 1. The molecule has 1 aliphatic heterocycles. The van der Waals surface area contributed by atoms with Crippen molar-refractivity contribution in [3.8, 4) is 5.69 Å². The number of hydrogen-bond acceptors (Lipinski definition) is 5. The highest BCUT2D eigenvalue weighted by molar-refractivity contribution is 7.99. The first-order valence-electron chi connectivity index (χ1n) is 6.42. The number of nitrogens with zero attached hydrogens (tertiary/aromatic N) is 4. The summed E-state index contributed by atoms with van der Waals surface area (Å²) >= 11 is 1.89. The van der Waals surface area contributed by atoms with E-state index >= 15 is 0 Å². The lowest BCUT2D eigenvalue weighted by molar-refractivity contribution is 0.276. The molecular weight excluding hydrogens is 279 g/mol. The molecule has 0 spiro atoms. The quantitative estimate of drug-likeness (QED) is 0.928. The zero-order chi connectivity index (χ0) is 13.9. The van der Waals surface area contributed by atoms with E-state index in [0.717, 1.165) is 24.6 Å². The molecule has 20 heavy (non-hydrogen) atoms. The van der Waals surface area contributed by atoms with E-state index < -0.39 is 0 Å². The Morgan fingerprint density at radius 3 is 2.75 bits per heavy atom. The van der Waals surface area contributed by atoms with Crippen LogP contribution < -0.4 is 4.90 Å². The highest BCUT2D eigenvalue weighted by Crippen LogP contribution is 2.24. The highest BCUT2D eigenvalue weighted by Gasteiger charge is 2.15. The van der Waals surface area contributed by atoms with Gasteiger partial charge in [0.2, 0.25) is 0 Å². The van der Waals surface area contributed by atoms with Crippen LogP contribution in [0.5, 0.6) is 0 Å². The van der Waals surface area contributed by atoms with Crippen LogP contribution in [0.3, 0.4) is 0 Å². The van der Waals surface area contributed by atoms with E-state index in [0.29, 0.717) is 17.1 Å². The van der Waals surface area contributed by atoms with Crippen LogP contribution in [0.15, 0.2) is 24.4 Å². The molecule has 0 radical (unpaired) electrons. The van der Waals surface area contributed by atoms with Crippen LogP contribution in [0, 0.1) is 5.82 Å². The lowest BCUT2D eigenvalue weighted by Gasteiger charge is -2.28. The number of thioether (sulfide) groups is 1. The molecule has 2 aromatic rings. The number of benzene rings is 1. The van der Waals surface area contributed by atoms with E-state index in [4.69, 9.17) is 5.11 Å². The van der Waals surface area contributed by atoms with Crippen LogP contribution in [0.25, 0.3) is 5.69 Å². The van der Waals surface area contributed by atoms with Crippen LogP contribution in [-0.2, 0) is 6.61 Å². The van der Waals surface area contributed by atoms with Crippen LogP contribution in [0.1, 0.15) is 5.69 Å². The lowest BCUT2D eigenvalue weighted by Crippen LogP contribution is -2.33. The van der Waals surface area contributed by atoms with Gasteiger partial charge in [0.1, 0.15) is 11.5 Å². The minimum Gasteiger partial charge on any atom is -0.390 e. The molecule has 2 heterocycles.